The monoisotopic (exact) mass is 302 g/mol. The highest BCUT2D eigenvalue weighted by molar-refractivity contribution is 6.00. The van der Waals surface area contributed by atoms with Gasteiger partial charge >= 0.3 is 0 Å². The first-order valence-corrected chi connectivity index (χ1v) is 7.50. The molecule has 3 aliphatic rings. The van der Waals surface area contributed by atoms with Gasteiger partial charge < -0.3 is 14.2 Å². The van der Waals surface area contributed by atoms with Crippen LogP contribution in [0.3, 0.4) is 0 Å². The Kier molecular flexibility index (Phi) is 3.71. The second-order valence-electron chi connectivity index (χ2n) is 6.04. The molecule has 22 heavy (non-hydrogen) atoms. The maximum absolute atomic E-state index is 13.2. The summed E-state index contributed by atoms with van der Waals surface area (Å²) in [6.45, 7) is 2.01. The molecule has 0 aromatic heterocycles. The van der Waals surface area contributed by atoms with Crippen LogP contribution in [0.5, 0.6) is 0 Å². The van der Waals surface area contributed by atoms with E-state index in [9.17, 15) is 4.79 Å². The Hall–Kier alpha value is -1.49. The quantitative estimate of drug-likeness (QED) is 0.633. The normalized spacial score (nSPS) is 32.9. The number of ether oxygens (including phenoxy) is 3. The third-order valence-corrected chi connectivity index (χ3v) is 5.26. The van der Waals surface area contributed by atoms with Crippen molar-refractivity contribution in [1.82, 2.24) is 0 Å². The molecule has 118 valence electrons. The molecule has 1 aromatic carbocycles. The van der Waals surface area contributed by atoms with Crippen molar-refractivity contribution >= 4 is 5.78 Å². The van der Waals surface area contributed by atoms with Gasteiger partial charge in [-0.2, -0.15) is 0 Å². The highest BCUT2D eigenvalue weighted by atomic mass is 16.7. The lowest BCUT2D eigenvalue weighted by atomic mass is 9.57. The molecule has 0 radical (unpaired) electrons. The molecule has 4 heteroatoms. The molecule has 2 bridgehead atoms. The van der Waals surface area contributed by atoms with Crippen LogP contribution in [0.2, 0.25) is 0 Å². The lowest BCUT2D eigenvalue weighted by molar-refractivity contribution is -0.254. The van der Waals surface area contributed by atoms with Gasteiger partial charge in [0.25, 0.3) is 0 Å². The predicted molar refractivity (Wildman–Crippen MR) is 82.5 cm³/mol. The van der Waals surface area contributed by atoms with Gasteiger partial charge in [0.1, 0.15) is 0 Å². The van der Waals surface area contributed by atoms with E-state index in [1.165, 1.54) is 14.2 Å². The molecule has 3 atom stereocenters. The number of fused-ring (bicyclic) bond motifs is 2. The van der Waals surface area contributed by atoms with Crippen molar-refractivity contribution in [3.63, 3.8) is 0 Å². The van der Waals surface area contributed by atoms with Gasteiger partial charge in [-0.25, -0.2) is 0 Å². The summed E-state index contributed by atoms with van der Waals surface area (Å²) in [6, 6.07) is 10.0. The summed E-state index contributed by atoms with van der Waals surface area (Å²) in [4.78, 5) is 13.2. The van der Waals surface area contributed by atoms with Gasteiger partial charge in [0.15, 0.2) is 5.60 Å². The number of methoxy groups -OCH3 is 3. The largest absolute Gasteiger partial charge is 0.365 e. The fourth-order valence-electron chi connectivity index (χ4n) is 4.16. The second-order valence-corrected chi connectivity index (χ2v) is 6.04. The molecule has 0 heterocycles. The van der Waals surface area contributed by atoms with Gasteiger partial charge in [-0.1, -0.05) is 35.9 Å². The molecule has 1 aromatic rings. The molecular weight excluding hydrogens is 280 g/mol. The third-order valence-electron chi connectivity index (χ3n) is 5.26. The standard InChI is InChI=1S/C18H22O4/c1-12-11-17(20-2)15(13-8-6-5-7-9-13)10-14(12)18(21-3,22-4)16(17)19/h5-9,11,14-15H,10H2,1-4H3/t14-,15-,17+/m0/s1. The zero-order valence-corrected chi connectivity index (χ0v) is 13.5. The lowest BCUT2D eigenvalue weighted by Gasteiger charge is -2.55. The fourth-order valence-corrected chi connectivity index (χ4v) is 4.16. The zero-order valence-electron chi connectivity index (χ0n) is 13.5. The second kappa shape index (κ2) is 5.30. The number of carbonyl (C=O) groups excluding carboxylic acids is 1. The number of benzene rings is 1. The van der Waals surface area contributed by atoms with Crippen LogP contribution in [-0.4, -0.2) is 38.5 Å². The highest BCUT2D eigenvalue weighted by Crippen LogP contribution is 2.56. The van der Waals surface area contributed by atoms with E-state index in [1.54, 1.807) is 7.11 Å². The van der Waals surface area contributed by atoms with Crippen LogP contribution >= 0.6 is 0 Å². The average molecular weight is 302 g/mol. The molecule has 0 spiro atoms. The Morgan fingerprint density at radius 1 is 1.00 bits per heavy atom. The minimum atomic E-state index is -1.25. The van der Waals surface area contributed by atoms with Crippen LogP contribution in [0, 0.1) is 5.92 Å². The van der Waals surface area contributed by atoms with E-state index in [0.29, 0.717) is 0 Å². The van der Waals surface area contributed by atoms with Crippen molar-refractivity contribution in [3.8, 4) is 0 Å². The van der Waals surface area contributed by atoms with E-state index in [0.717, 1.165) is 17.6 Å². The molecule has 0 N–H and O–H groups in total. The van der Waals surface area contributed by atoms with Crippen molar-refractivity contribution in [2.75, 3.05) is 21.3 Å². The van der Waals surface area contributed by atoms with Crippen LogP contribution in [0.25, 0.3) is 0 Å². The summed E-state index contributed by atoms with van der Waals surface area (Å²) in [5, 5.41) is 0. The molecule has 0 aliphatic heterocycles. The Labute approximate surface area is 131 Å². The van der Waals surface area contributed by atoms with E-state index >= 15 is 0 Å². The molecule has 4 nitrogen and oxygen atoms in total. The topological polar surface area (TPSA) is 44.8 Å². The Morgan fingerprint density at radius 2 is 1.64 bits per heavy atom. The van der Waals surface area contributed by atoms with Gasteiger partial charge in [-0.05, 0) is 25.0 Å². The van der Waals surface area contributed by atoms with E-state index in [-0.39, 0.29) is 17.6 Å². The smallest absolute Gasteiger partial charge is 0.238 e. The van der Waals surface area contributed by atoms with Crippen molar-refractivity contribution in [3.05, 3.63) is 47.5 Å². The fraction of sp³-hybridized carbons (Fsp3) is 0.500. The van der Waals surface area contributed by atoms with Gasteiger partial charge in [-0.3, -0.25) is 4.79 Å². The van der Waals surface area contributed by atoms with Gasteiger partial charge in [-0.15, -0.1) is 0 Å². The van der Waals surface area contributed by atoms with Crippen LogP contribution in [0.1, 0.15) is 24.8 Å². The molecule has 0 saturated heterocycles. The number of carbonyl (C=O) groups is 1. The number of Topliss-reactive ketones (excluding diaryl/α,β-unsaturated/α-hetero) is 1. The Morgan fingerprint density at radius 3 is 2.18 bits per heavy atom. The van der Waals surface area contributed by atoms with Crippen molar-refractivity contribution in [2.24, 2.45) is 5.92 Å². The van der Waals surface area contributed by atoms with Crippen LogP contribution in [-0.2, 0) is 19.0 Å². The summed E-state index contributed by atoms with van der Waals surface area (Å²) >= 11 is 0. The van der Waals surface area contributed by atoms with E-state index in [1.807, 2.05) is 43.3 Å². The maximum atomic E-state index is 13.2. The summed E-state index contributed by atoms with van der Waals surface area (Å²) in [5.41, 5.74) is 1.15. The first kappa shape index (κ1) is 15.4. The van der Waals surface area contributed by atoms with Crippen LogP contribution in [0.15, 0.2) is 42.0 Å². The summed E-state index contributed by atoms with van der Waals surface area (Å²) in [5.74, 6) is -1.53. The van der Waals surface area contributed by atoms with E-state index < -0.39 is 11.4 Å². The molecule has 0 amide bonds. The lowest BCUT2D eigenvalue weighted by Crippen LogP contribution is -2.68. The molecule has 0 unspecified atom stereocenters. The van der Waals surface area contributed by atoms with Crippen molar-refractivity contribution in [1.29, 1.82) is 0 Å². The first-order valence-electron chi connectivity index (χ1n) is 7.50. The van der Waals surface area contributed by atoms with Gasteiger partial charge in [0.2, 0.25) is 11.6 Å². The molecule has 1 fully saturated rings. The number of rotatable bonds is 4. The predicted octanol–water partition coefficient (Wildman–Crippen LogP) is 2.69. The van der Waals surface area contributed by atoms with E-state index in [2.05, 4.69) is 0 Å². The minimum Gasteiger partial charge on any atom is -0.365 e. The third kappa shape index (κ3) is 1.78. The van der Waals surface area contributed by atoms with Gasteiger partial charge in [0.05, 0.1) is 0 Å². The molecular formula is C18H22O4. The Balaban J connectivity index is 2.17. The van der Waals surface area contributed by atoms with Crippen molar-refractivity contribution in [2.45, 2.75) is 30.7 Å². The first-order chi connectivity index (χ1) is 10.6. The number of hydrogen-bond donors (Lipinski definition) is 0. The molecule has 4 rings (SSSR count). The number of ketones is 1. The molecule has 3 aliphatic carbocycles. The number of hydrogen-bond acceptors (Lipinski definition) is 4. The van der Waals surface area contributed by atoms with Crippen molar-refractivity contribution < 1.29 is 19.0 Å². The highest BCUT2D eigenvalue weighted by Gasteiger charge is 2.66. The van der Waals surface area contributed by atoms with Crippen LogP contribution < -0.4 is 0 Å². The van der Waals surface area contributed by atoms with E-state index in [4.69, 9.17) is 14.2 Å². The SMILES string of the molecule is COC1(OC)C(=O)[C@@]2(OC)C=C(C)[C@@H]1C[C@H]2c1ccccc1. The molecule has 1 saturated carbocycles. The minimum absolute atomic E-state index is 0.0293. The average Bonchev–Trinajstić information content (AvgIpc) is 2.57. The summed E-state index contributed by atoms with van der Waals surface area (Å²) in [6.07, 6.45) is 2.71. The summed E-state index contributed by atoms with van der Waals surface area (Å²) in [7, 11) is 4.63. The maximum Gasteiger partial charge on any atom is 0.238 e. The Bertz CT molecular complexity index is 603. The van der Waals surface area contributed by atoms with Gasteiger partial charge in [0, 0.05) is 33.2 Å². The van der Waals surface area contributed by atoms with Crippen LogP contribution in [0.4, 0.5) is 0 Å². The zero-order chi connectivity index (χ0) is 16.0. The summed E-state index contributed by atoms with van der Waals surface area (Å²) < 4.78 is 16.9.